The fourth-order valence-corrected chi connectivity index (χ4v) is 1.76. The van der Waals surface area contributed by atoms with Gasteiger partial charge in [0.05, 0.1) is 0 Å². The van der Waals surface area contributed by atoms with Crippen LogP contribution < -0.4 is 5.32 Å². The zero-order valence-electron chi connectivity index (χ0n) is 11.5. The molecule has 0 heterocycles. The van der Waals surface area contributed by atoms with E-state index in [-0.39, 0.29) is 12.0 Å². The van der Waals surface area contributed by atoms with Crippen LogP contribution in [0.15, 0.2) is 18.2 Å². The van der Waals surface area contributed by atoms with E-state index in [2.05, 4.69) is 5.32 Å². The molecule has 5 nitrogen and oxygen atoms in total. The van der Waals surface area contributed by atoms with Gasteiger partial charge in [-0.05, 0) is 37.5 Å². The SMILES string of the molecule is COCCCC(NC(=O)c1cc(F)ccc1C)C(=O)O. The summed E-state index contributed by atoms with van der Waals surface area (Å²) in [6.45, 7) is 2.08. The molecule has 0 radical (unpaired) electrons. The van der Waals surface area contributed by atoms with E-state index in [1.54, 1.807) is 6.92 Å². The quantitative estimate of drug-likeness (QED) is 0.747. The Labute approximate surface area is 116 Å². The highest BCUT2D eigenvalue weighted by atomic mass is 19.1. The number of aryl methyl sites for hydroxylation is 1. The number of hydrogen-bond acceptors (Lipinski definition) is 3. The number of carbonyl (C=O) groups excluding carboxylic acids is 1. The maximum atomic E-state index is 13.1. The Kier molecular flexibility index (Phi) is 6.11. The van der Waals surface area contributed by atoms with Gasteiger partial charge in [-0.2, -0.15) is 0 Å². The summed E-state index contributed by atoms with van der Waals surface area (Å²) in [7, 11) is 1.52. The number of halogens is 1. The second-order valence-corrected chi connectivity index (χ2v) is 4.46. The fraction of sp³-hybridized carbons (Fsp3) is 0.429. The number of methoxy groups -OCH3 is 1. The van der Waals surface area contributed by atoms with Crippen molar-refractivity contribution in [3.8, 4) is 0 Å². The molecule has 1 amide bonds. The van der Waals surface area contributed by atoms with Crippen molar-refractivity contribution in [3.05, 3.63) is 35.1 Å². The molecule has 1 aromatic carbocycles. The van der Waals surface area contributed by atoms with E-state index in [1.165, 1.54) is 19.2 Å². The molecule has 110 valence electrons. The van der Waals surface area contributed by atoms with Gasteiger partial charge >= 0.3 is 5.97 Å². The molecule has 1 unspecified atom stereocenters. The van der Waals surface area contributed by atoms with Crippen molar-refractivity contribution in [1.29, 1.82) is 0 Å². The van der Waals surface area contributed by atoms with Crippen LogP contribution in [0.2, 0.25) is 0 Å². The van der Waals surface area contributed by atoms with Crippen LogP contribution in [0.1, 0.15) is 28.8 Å². The average molecular weight is 283 g/mol. The van der Waals surface area contributed by atoms with Gasteiger partial charge in [-0.1, -0.05) is 6.07 Å². The van der Waals surface area contributed by atoms with Gasteiger partial charge < -0.3 is 15.2 Å². The molecule has 1 atom stereocenters. The molecule has 0 saturated carbocycles. The molecule has 20 heavy (non-hydrogen) atoms. The number of carboxylic acids is 1. The number of ether oxygens (including phenoxy) is 1. The molecule has 0 bridgehead atoms. The Morgan fingerprint density at radius 1 is 1.45 bits per heavy atom. The molecule has 1 rings (SSSR count). The highest BCUT2D eigenvalue weighted by Gasteiger charge is 2.21. The zero-order valence-corrected chi connectivity index (χ0v) is 11.5. The van der Waals surface area contributed by atoms with Crippen LogP contribution in [-0.4, -0.2) is 36.7 Å². The molecule has 0 aliphatic carbocycles. The van der Waals surface area contributed by atoms with Crippen molar-refractivity contribution >= 4 is 11.9 Å². The van der Waals surface area contributed by atoms with Crippen LogP contribution in [0.5, 0.6) is 0 Å². The van der Waals surface area contributed by atoms with E-state index in [0.29, 0.717) is 18.6 Å². The van der Waals surface area contributed by atoms with Crippen LogP contribution in [0, 0.1) is 12.7 Å². The molecule has 1 aromatic rings. The molecule has 0 aliphatic rings. The Morgan fingerprint density at radius 2 is 2.15 bits per heavy atom. The average Bonchev–Trinajstić information content (AvgIpc) is 2.40. The van der Waals surface area contributed by atoms with Gasteiger partial charge in [0.1, 0.15) is 11.9 Å². The Bertz CT molecular complexity index is 490. The van der Waals surface area contributed by atoms with Gasteiger partial charge in [-0.3, -0.25) is 4.79 Å². The standard InChI is InChI=1S/C14H18FNO4/c1-9-5-6-10(15)8-11(9)13(17)16-12(14(18)19)4-3-7-20-2/h5-6,8,12H,3-4,7H2,1-2H3,(H,16,17)(H,18,19). The second-order valence-electron chi connectivity index (χ2n) is 4.46. The highest BCUT2D eigenvalue weighted by molar-refractivity contribution is 5.97. The summed E-state index contributed by atoms with van der Waals surface area (Å²) in [5.41, 5.74) is 0.730. The van der Waals surface area contributed by atoms with E-state index in [9.17, 15) is 14.0 Å². The topological polar surface area (TPSA) is 75.6 Å². The Balaban J connectivity index is 2.75. The fourth-order valence-electron chi connectivity index (χ4n) is 1.76. The lowest BCUT2D eigenvalue weighted by atomic mass is 10.1. The number of nitrogens with one attached hydrogen (secondary N) is 1. The first-order valence-corrected chi connectivity index (χ1v) is 6.24. The third-order valence-electron chi connectivity index (χ3n) is 2.89. The molecule has 0 spiro atoms. The van der Waals surface area contributed by atoms with Gasteiger partial charge in [0.2, 0.25) is 0 Å². The lowest BCUT2D eigenvalue weighted by Crippen LogP contribution is -2.41. The van der Waals surface area contributed by atoms with Gasteiger partial charge in [0, 0.05) is 19.3 Å². The first kappa shape index (κ1) is 16.1. The molecular weight excluding hydrogens is 265 g/mol. The summed E-state index contributed by atoms with van der Waals surface area (Å²) in [6, 6.07) is 2.81. The first-order valence-electron chi connectivity index (χ1n) is 6.24. The van der Waals surface area contributed by atoms with Crippen molar-refractivity contribution in [2.75, 3.05) is 13.7 Å². The predicted octanol–water partition coefficient (Wildman–Crippen LogP) is 1.74. The van der Waals surface area contributed by atoms with Gasteiger partial charge in [-0.15, -0.1) is 0 Å². The third-order valence-corrected chi connectivity index (χ3v) is 2.89. The summed E-state index contributed by atoms with van der Waals surface area (Å²) in [6.07, 6.45) is 0.763. The molecular formula is C14H18FNO4. The first-order chi connectivity index (χ1) is 9.45. The van der Waals surface area contributed by atoms with E-state index in [0.717, 1.165) is 6.07 Å². The Morgan fingerprint density at radius 3 is 2.75 bits per heavy atom. The van der Waals surface area contributed by atoms with E-state index < -0.39 is 23.7 Å². The number of hydrogen-bond donors (Lipinski definition) is 2. The van der Waals surface area contributed by atoms with Crippen molar-refractivity contribution in [2.24, 2.45) is 0 Å². The minimum Gasteiger partial charge on any atom is -0.480 e. The molecule has 0 fully saturated rings. The number of amides is 1. The summed E-state index contributed by atoms with van der Waals surface area (Å²) in [5, 5.41) is 11.5. The second kappa shape index (κ2) is 7.59. The largest absolute Gasteiger partial charge is 0.480 e. The number of carboxylic acid groups (broad SMARTS) is 1. The normalized spacial score (nSPS) is 11.9. The van der Waals surface area contributed by atoms with Crippen molar-refractivity contribution < 1.29 is 23.8 Å². The van der Waals surface area contributed by atoms with Gasteiger partial charge in [-0.25, -0.2) is 9.18 Å². The molecule has 2 N–H and O–H groups in total. The summed E-state index contributed by atoms with van der Waals surface area (Å²) in [4.78, 5) is 23.1. The smallest absolute Gasteiger partial charge is 0.326 e. The minimum atomic E-state index is -1.12. The van der Waals surface area contributed by atoms with Crippen molar-refractivity contribution in [1.82, 2.24) is 5.32 Å². The van der Waals surface area contributed by atoms with E-state index in [4.69, 9.17) is 9.84 Å². The van der Waals surface area contributed by atoms with Crippen molar-refractivity contribution in [3.63, 3.8) is 0 Å². The number of aliphatic carboxylic acids is 1. The van der Waals surface area contributed by atoms with E-state index >= 15 is 0 Å². The van der Waals surface area contributed by atoms with Crippen LogP contribution in [-0.2, 0) is 9.53 Å². The molecule has 0 saturated heterocycles. The summed E-state index contributed by atoms with van der Waals surface area (Å²) >= 11 is 0. The van der Waals surface area contributed by atoms with Crippen LogP contribution >= 0.6 is 0 Å². The Hall–Kier alpha value is -1.95. The summed E-state index contributed by atoms with van der Waals surface area (Å²) in [5.74, 6) is -2.25. The highest BCUT2D eigenvalue weighted by Crippen LogP contribution is 2.11. The minimum absolute atomic E-state index is 0.142. The van der Waals surface area contributed by atoms with E-state index in [1.807, 2.05) is 0 Å². The lowest BCUT2D eigenvalue weighted by molar-refractivity contribution is -0.139. The molecule has 6 heteroatoms. The third kappa shape index (κ3) is 4.62. The zero-order chi connectivity index (χ0) is 15.1. The summed E-state index contributed by atoms with van der Waals surface area (Å²) < 4.78 is 18.0. The van der Waals surface area contributed by atoms with Crippen LogP contribution in [0.4, 0.5) is 4.39 Å². The van der Waals surface area contributed by atoms with Gasteiger partial charge in [0.25, 0.3) is 5.91 Å². The maximum absolute atomic E-state index is 13.1. The maximum Gasteiger partial charge on any atom is 0.326 e. The molecule has 0 aromatic heterocycles. The van der Waals surface area contributed by atoms with Crippen LogP contribution in [0.3, 0.4) is 0 Å². The monoisotopic (exact) mass is 283 g/mol. The molecule has 0 aliphatic heterocycles. The lowest BCUT2D eigenvalue weighted by Gasteiger charge is -2.15. The predicted molar refractivity (Wildman–Crippen MR) is 71.1 cm³/mol. The van der Waals surface area contributed by atoms with Crippen molar-refractivity contribution in [2.45, 2.75) is 25.8 Å². The number of carbonyl (C=O) groups is 2. The van der Waals surface area contributed by atoms with Crippen LogP contribution in [0.25, 0.3) is 0 Å². The van der Waals surface area contributed by atoms with Gasteiger partial charge in [0.15, 0.2) is 0 Å². The number of benzene rings is 1. The number of rotatable bonds is 7.